The number of carbonyl (C=O) groups is 1. The first-order chi connectivity index (χ1) is 16.0. The van der Waals surface area contributed by atoms with Gasteiger partial charge in [-0.05, 0) is 30.0 Å². The van der Waals surface area contributed by atoms with Gasteiger partial charge in [0, 0.05) is 33.0 Å². The van der Waals surface area contributed by atoms with Gasteiger partial charge in [0.05, 0.1) is 6.42 Å². The lowest BCUT2D eigenvalue weighted by atomic mass is 9.90. The zero-order valence-corrected chi connectivity index (χ0v) is 19.8. The molecule has 8 nitrogen and oxygen atoms in total. The molecule has 0 bridgehead atoms. The molecular formula is C25H32O8. The average Bonchev–Trinajstić information content (AvgIpc) is 2.81. The summed E-state index contributed by atoms with van der Waals surface area (Å²) in [5.74, 6) is 2.35. The van der Waals surface area contributed by atoms with Gasteiger partial charge >= 0.3 is 0 Å². The number of rotatable bonds is 12. The average molecular weight is 461 g/mol. The molecule has 1 atom stereocenters. The van der Waals surface area contributed by atoms with Gasteiger partial charge < -0.3 is 33.2 Å². The highest BCUT2D eigenvalue weighted by atomic mass is 16.7. The van der Waals surface area contributed by atoms with Crippen LogP contribution < -0.4 is 18.9 Å². The smallest absolute Gasteiger partial charge is 0.188 e. The summed E-state index contributed by atoms with van der Waals surface area (Å²) in [5, 5.41) is 0. The highest BCUT2D eigenvalue weighted by Crippen LogP contribution is 2.47. The Morgan fingerprint density at radius 3 is 2.12 bits per heavy atom. The van der Waals surface area contributed by atoms with Crippen LogP contribution in [0.2, 0.25) is 0 Å². The fourth-order valence-electron chi connectivity index (χ4n) is 3.68. The second-order valence-electron chi connectivity index (χ2n) is 8.11. The van der Waals surface area contributed by atoms with E-state index in [0.717, 1.165) is 11.1 Å². The first-order valence-electron chi connectivity index (χ1n) is 10.8. The van der Waals surface area contributed by atoms with Gasteiger partial charge in [-0.3, -0.25) is 4.79 Å². The lowest BCUT2D eigenvalue weighted by molar-refractivity contribution is 0.0432. The summed E-state index contributed by atoms with van der Waals surface area (Å²) in [5.41, 5.74) is 2.11. The maximum Gasteiger partial charge on any atom is 0.188 e. The van der Waals surface area contributed by atoms with Gasteiger partial charge in [-0.2, -0.15) is 0 Å². The molecular weight excluding hydrogens is 428 g/mol. The molecule has 180 valence electrons. The summed E-state index contributed by atoms with van der Waals surface area (Å²) in [6.07, 6.45) is 0.407. The van der Waals surface area contributed by atoms with Crippen molar-refractivity contribution in [2.75, 3.05) is 41.7 Å². The third-order valence-electron chi connectivity index (χ3n) is 5.09. The summed E-state index contributed by atoms with van der Waals surface area (Å²) in [4.78, 5) is 13.3. The molecule has 0 amide bonds. The van der Waals surface area contributed by atoms with Crippen LogP contribution in [0.4, 0.5) is 0 Å². The van der Waals surface area contributed by atoms with Crippen molar-refractivity contribution in [1.82, 2.24) is 0 Å². The topological polar surface area (TPSA) is 81.7 Å². The first kappa shape index (κ1) is 24.8. The van der Waals surface area contributed by atoms with Gasteiger partial charge in [0.15, 0.2) is 26.2 Å². The van der Waals surface area contributed by atoms with Crippen LogP contribution in [0.5, 0.6) is 23.0 Å². The monoisotopic (exact) mass is 460 g/mol. The van der Waals surface area contributed by atoms with Gasteiger partial charge in [-0.1, -0.05) is 26.0 Å². The number of fused-ring (bicyclic) bond motifs is 1. The van der Waals surface area contributed by atoms with E-state index in [0.29, 0.717) is 40.9 Å². The van der Waals surface area contributed by atoms with E-state index in [9.17, 15) is 4.79 Å². The van der Waals surface area contributed by atoms with Crippen LogP contribution in [0.15, 0.2) is 30.3 Å². The van der Waals surface area contributed by atoms with Gasteiger partial charge in [-0.25, -0.2) is 0 Å². The van der Waals surface area contributed by atoms with Gasteiger partial charge in [0.1, 0.15) is 34.7 Å². The SMILES string of the molecule is COCOc1ccc(C2CC(=O)c3c(OCOC)cc(OCOC)c(CC(C)C)c3O2)cc1. The Morgan fingerprint density at radius 2 is 1.52 bits per heavy atom. The maximum absolute atomic E-state index is 13.3. The summed E-state index contributed by atoms with van der Waals surface area (Å²) >= 11 is 0. The van der Waals surface area contributed by atoms with Crippen molar-refractivity contribution in [3.05, 3.63) is 47.0 Å². The Labute approximate surface area is 194 Å². The Hall–Kier alpha value is -2.81. The molecule has 33 heavy (non-hydrogen) atoms. The van der Waals surface area contributed by atoms with Crippen molar-refractivity contribution in [2.24, 2.45) is 5.92 Å². The third kappa shape index (κ3) is 6.16. The molecule has 0 saturated carbocycles. The van der Waals surface area contributed by atoms with Crippen molar-refractivity contribution >= 4 is 5.78 Å². The molecule has 0 saturated heterocycles. The van der Waals surface area contributed by atoms with E-state index in [1.165, 1.54) is 7.11 Å². The van der Waals surface area contributed by atoms with Crippen molar-refractivity contribution in [1.29, 1.82) is 0 Å². The third-order valence-corrected chi connectivity index (χ3v) is 5.09. The zero-order chi connectivity index (χ0) is 23.8. The highest BCUT2D eigenvalue weighted by Gasteiger charge is 2.35. The molecule has 0 aromatic heterocycles. The number of methoxy groups -OCH3 is 3. The van der Waals surface area contributed by atoms with E-state index in [4.69, 9.17) is 33.2 Å². The van der Waals surface area contributed by atoms with E-state index >= 15 is 0 Å². The number of hydrogen-bond donors (Lipinski definition) is 0. The number of hydrogen-bond acceptors (Lipinski definition) is 8. The molecule has 1 aliphatic heterocycles. The van der Waals surface area contributed by atoms with Crippen LogP contribution in [0.3, 0.4) is 0 Å². The Kier molecular flexibility index (Phi) is 8.94. The molecule has 1 aliphatic rings. The second-order valence-corrected chi connectivity index (χ2v) is 8.11. The quantitative estimate of drug-likeness (QED) is 0.427. The highest BCUT2D eigenvalue weighted by molar-refractivity contribution is 6.03. The molecule has 0 aliphatic carbocycles. The Balaban J connectivity index is 2.02. The molecule has 0 fully saturated rings. The molecule has 3 rings (SSSR count). The van der Waals surface area contributed by atoms with Crippen molar-refractivity contribution in [3.63, 3.8) is 0 Å². The van der Waals surface area contributed by atoms with Crippen LogP contribution in [0, 0.1) is 5.92 Å². The Bertz CT molecular complexity index is 923. The molecule has 0 N–H and O–H groups in total. The fraction of sp³-hybridized carbons (Fsp3) is 0.480. The van der Waals surface area contributed by atoms with E-state index in [1.54, 1.807) is 20.3 Å². The normalized spacial score (nSPS) is 15.2. The number of ketones is 1. The van der Waals surface area contributed by atoms with E-state index in [1.807, 2.05) is 24.3 Å². The van der Waals surface area contributed by atoms with Crippen LogP contribution in [-0.4, -0.2) is 47.5 Å². The van der Waals surface area contributed by atoms with Gasteiger partial charge in [0.2, 0.25) is 0 Å². The minimum absolute atomic E-state index is 0.000665. The van der Waals surface area contributed by atoms with E-state index in [-0.39, 0.29) is 32.6 Å². The summed E-state index contributed by atoms with van der Waals surface area (Å²) in [7, 11) is 4.65. The predicted molar refractivity (Wildman–Crippen MR) is 121 cm³/mol. The molecule has 2 aromatic carbocycles. The first-order valence-corrected chi connectivity index (χ1v) is 10.8. The summed E-state index contributed by atoms with van der Waals surface area (Å²) in [6.45, 7) is 4.43. The van der Waals surface area contributed by atoms with Crippen LogP contribution in [0.1, 0.15) is 47.9 Å². The van der Waals surface area contributed by atoms with Gasteiger partial charge in [-0.15, -0.1) is 0 Å². The lowest BCUT2D eigenvalue weighted by Gasteiger charge is -2.30. The predicted octanol–water partition coefficient (Wildman–Crippen LogP) is 4.54. The van der Waals surface area contributed by atoms with Crippen LogP contribution in [0.25, 0.3) is 0 Å². The molecule has 1 unspecified atom stereocenters. The largest absolute Gasteiger partial charge is 0.484 e. The number of Topliss-reactive ketones (excluding diaryl/α,β-unsaturated/α-hetero) is 1. The second kappa shape index (κ2) is 11.9. The summed E-state index contributed by atoms with van der Waals surface area (Å²) in [6, 6.07) is 9.17. The molecule has 1 heterocycles. The van der Waals surface area contributed by atoms with Crippen LogP contribution in [-0.2, 0) is 20.6 Å². The van der Waals surface area contributed by atoms with E-state index < -0.39 is 6.10 Å². The van der Waals surface area contributed by atoms with Crippen LogP contribution >= 0.6 is 0 Å². The maximum atomic E-state index is 13.3. The fourth-order valence-corrected chi connectivity index (χ4v) is 3.68. The molecule has 0 spiro atoms. The number of ether oxygens (including phenoxy) is 7. The van der Waals surface area contributed by atoms with E-state index in [2.05, 4.69) is 13.8 Å². The number of carbonyl (C=O) groups excluding carboxylic acids is 1. The molecule has 0 radical (unpaired) electrons. The standard InChI is InChI=1S/C25H32O8/c1-16(2)10-19-22(31-14-28-4)12-23(32-15-29-5)24-20(26)11-21(33-25(19)24)17-6-8-18(9-7-17)30-13-27-3/h6-9,12,16,21H,10-11,13-15H2,1-5H3. The number of benzene rings is 2. The molecule has 8 heteroatoms. The minimum atomic E-state index is -0.444. The van der Waals surface area contributed by atoms with Gasteiger partial charge in [0.25, 0.3) is 0 Å². The zero-order valence-electron chi connectivity index (χ0n) is 19.8. The van der Waals surface area contributed by atoms with Crippen molar-refractivity contribution < 1.29 is 38.0 Å². The minimum Gasteiger partial charge on any atom is -0.484 e. The summed E-state index contributed by atoms with van der Waals surface area (Å²) < 4.78 is 38.6. The molecule has 2 aromatic rings. The van der Waals surface area contributed by atoms with Crippen molar-refractivity contribution in [3.8, 4) is 23.0 Å². The Morgan fingerprint density at radius 1 is 0.909 bits per heavy atom. The lowest BCUT2D eigenvalue weighted by Crippen LogP contribution is -2.23. The van der Waals surface area contributed by atoms with Crippen molar-refractivity contribution in [2.45, 2.75) is 32.8 Å².